The molecule has 2 amide bonds. The number of nitriles is 1. The van der Waals surface area contributed by atoms with Gasteiger partial charge in [0.2, 0.25) is 0 Å². The molecule has 1 aliphatic rings. The van der Waals surface area contributed by atoms with Gasteiger partial charge in [-0.2, -0.15) is 5.26 Å². The second-order valence-electron chi connectivity index (χ2n) is 4.47. The Labute approximate surface area is 110 Å². The van der Waals surface area contributed by atoms with E-state index in [9.17, 15) is 9.59 Å². The van der Waals surface area contributed by atoms with Crippen molar-refractivity contribution in [2.24, 2.45) is 5.92 Å². The number of urea groups is 1. The molecule has 1 aliphatic heterocycles. The predicted molar refractivity (Wildman–Crippen MR) is 67.7 cm³/mol. The van der Waals surface area contributed by atoms with E-state index < -0.39 is 11.9 Å². The number of carboxylic acids is 1. The fraction of sp³-hybridized carbons (Fsp3) is 0.308. The number of hydrogen-bond donors (Lipinski definition) is 1. The van der Waals surface area contributed by atoms with E-state index in [0.29, 0.717) is 11.3 Å². The molecule has 1 N–H and O–H groups in total. The quantitative estimate of drug-likeness (QED) is 0.862. The lowest BCUT2D eigenvalue weighted by atomic mass is 10.1. The van der Waals surface area contributed by atoms with E-state index >= 15 is 0 Å². The van der Waals surface area contributed by atoms with E-state index in [0.717, 1.165) is 0 Å². The second-order valence-corrected chi connectivity index (χ2v) is 4.47. The lowest BCUT2D eigenvalue weighted by Crippen LogP contribution is -2.54. The Morgan fingerprint density at radius 3 is 2.53 bits per heavy atom. The van der Waals surface area contributed by atoms with E-state index in [-0.39, 0.29) is 19.1 Å². The van der Waals surface area contributed by atoms with Crippen LogP contribution in [-0.4, -0.2) is 42.1 Å². The molecule has 1 aromatic rings. The lowest BCUT2D eigenvalue weighted by Gasteiger charge is -2.36. The first kappa shape index (κ1) is 12.9. The highest BCUT2D eigenvalue weighted by Gasteiger charge is 2.34. The lowest BCUT2D eigenvalue weighted by molar-refractivity contribution is -0.141. The third kappa shape index (κ3) is 2.50. The van der Waals surface area contributed by atoms with Crippen LogP contribution in [0.2, 0.25) is 0 Å². The minimum Gasteiger partial charge on any atom is -0.481 e. The van der Waals surface area contributed by atoms with Crippen molar-refractivity contribution in [2.45, 2.75) is 0 Å². The van der Waals surface area contributed by atoms with Crippen molar-refractivity contribution in [1.82, 2.24) is 4.90 Å². The summed E-state index contributed by atoms with van der Waals surface area (Å²) in [5.41, 5.74) is 1.10. The van der Waals surface area contributed by atoms with Gasteiger partial charge in [0.15, 0.2) is 0 Å². The molecule has 0 spiro atoms. The van der Waals surface area contributed by atoms with Gasteiger partial charge < -0.3 is 10.0 Å². The molecule has 1 aromatic carbocycles. The summed E-state index contributed by atoms with van der Waals surface area (Å²) in [4.78, 5) is 25.9. The molecule has 1 fully saturated rings. The number of benzene rings is 1. The van der Waals surface area contributed by atoms with Gasteiger partial charge in [0.05, 0.1) is 17.6 Å². The highest BCUT2D eigenvalue weighted by Crippen LogP contribution is 2.22. The number of carboxylic acid groups (broad SMARTS) is 1. The summed E-state index contributed by atoms with van der Waals surface area (Å²) in [6.07, 6.45) is 0. The standard InChI is InChI=1S/C13H13N3O3/c1-15-7-10(12(17)18)8-16(13(15)19)11-4-2-9(6-14)3-5-11/h2-5,10H,7-8H2,1H3,(H,17,18). The average Bonchev–Trinajstić information content (AvgIpc) is 2.41. The molecule has 0 radical (unpaired) electrons. The molecule has 0 bridgehead atoms. The summed E-state index contributed by atoms with van der Waals surface area (Å²) >= 11 is 0. The zero-order valence-electron chi connectivity index (χ0n) is 10.4. The molecule has 1 atom stereocenters. The maximum absolute atomic E-state index is 12.0. The van der Waals surface area contributed by atoms with Crippen LogP contribution in [0.5, 0.6) is 0 Å². The Bertz CT molecular complexity index is 547. The first-order valence-corrected chi connectivity index (χ1v) is 5.78. The minimum absolute atomic E-state index is 0.143. The van der Waals surface area contributed by atoms with E-state index in [2.05, 4.69) is 0 Å². The monoisotopic (exact) mass is 259 g/mol. The van der Waals surface area contributed by atoms with Gasteiger partial charge in [-0.05, 0) is 24.3 Å². The number of aliphatic carboxylic acids is 1. The number of anilines is 1. The molecule has 1 heterocycles. The summed E-state index contributed by atoms with van der Waals surface area (Å²) in [5.74, 6) is -1.53. The number of carbonyl (C=O) groups excluding carboxylic acids is 1. The SMILES string of the molecule is CN1CC(C(=O)O)CN(c2ccc(C#N)cc2)C1=O. The zero-order chi connectivity index (χ0) is 14.0. The summed E-state index contributed by atoms with van der Waals surface area (Å²) in [6, 6.07) is 8.27. The first-order valence-electron chi connectivity index (χ1n) is 5.78. The van der Waals surface area contributed by atoms with Crippen molar-refractivity contribution in [3.05, 3.63) is 29.8 Å². The van der Waals surface area contributed by atoms with Crippen LogP contribution in [0.15, 0.2) is 24.3 Å². The van der Waals surface area contributed by atoms with Gasteiger partial charge in [-0.1, -0.05) is 0 Å². The van der Waals surface area contributed by atoms with Gasteiger partial charge in [0.1, 0.15) is 0 Å². The number of amides is 2. The average molecular weight is 259 g/mol. The first-order chi connectivity index (χ1) is 9.02. The Kier molecular flexibility index (Phi) is 3.38. The maximum Gasteiger partial charge on any atom is 0.324 e. The highest BCUT2D eigenvalue weighted by molar-refractivity contribution is 5.94. The van der Waals surface area contributed by atoms with Crippen molar-refractivity contribution in [3.63, 3.8) is 0 Å². The summed E-state index contributed by atoms with van der Waals surface area (Å²) in [5, 5.41) is 17.8. The summed E-state index contributed by atoms with van der Waals surface area (Å²) < 4.78 is 0. The third-order valence-corrected chi connectivity index (χ3v) is 3.11. The van der Waals surface area contributed by atoms with E-state index in [1.165, 1.54) is 9.80 Å². The van der Waals surface area contributed by atoms with Gasteiger partial charge in [0.25, 0.3) is 0 Å². The number of rotatable bonds is 2. The highest BCUT2D eigenvalue weighted by atomic mass is 16.4. The van der Waals surface area contributed by atoms with Crippen molar-refractivity contribution in [2.75, 3.05) is 25.0 Å². The Balaban J connectivity index is 2.27. The van der Waals surface area contributed by atoms with E-state index in [1.807, 2.05) is 6.07 Å². The predicted octanol–water partition coefficient (Wildman–Crippen LogP) is 1.13. The smallest absolute Gasteiger partial charge is 0.324 e. The molecule has 2 rings (SSSR count). The Morgan fingerprint density at radius 2 is 2.00 bits per heavy atom. The fourth-order valence-corrected chi connectivity index (χ4v) is 2.06. The van der Waals surface area contributed by atoms with Crippen LogP contribution in [0.3, 0.4) is 0 Å². The second kappa shape index (κ2) is 4.98. The number of hydrogen-bond acceptors (Lipinski definition) is 3. The van der Waals surface area contributed by atoms with Crippen molar-refractivity contribution >= 4 is 17.7 Å². The van der Waals surface area contributed by atoms with E-state index in [4.69, 9.17) is 10.4 Å². The van der Waals surface area contributed by atoms with Gasteiger partial charge >= 0.3 is 12.0 Å². The third-order valence-electron chi connectivity index (χ3n) is 3.11. The minimum atomic E-state index is -0.919. The number of carbonyl (C=O) groups is 2. The molecule has 6 heteroatoms. The van der Waals surface area contributed by atoms with Crippen molar-refractivity contribution < 1.29 is 14.7 Å². The van der Waals surface area contributed by atoms with Gasteiger partial charge in [-0.15, -0.1) is 0 Å². The van der Waals surface area contributed by atoms with E-state index in [1.54, 1.807) is 31.3 Å². The molecular weight excluding hydrogens is 246 g/mol. The fourth-order valence-electron chi connectivity index (χ4n) is 2.06. The Morgan fingerprint density at radius 1 is 1.37 bits per heavy atom. The maximum atomic E-state index is 12.0. The molecule has 98 valence electrons. The molecule has 6 nitrogen and oxygen atoms in total. The zero-order valence-corrected chi connectivity index (χ0v) is 10.4. The molecule has 0 aromatic heterocycles. The van der Waals surface area contributed by atoms with Crippen LogP contribution in [0.1, 0.15) is 5.56 Å². The van der Waals surface area contributed by atoms with Crippen LogP contribution in [-0.2, 0) is 4.79 Å². The topological polar surface area (TPSA) is 84.6 Å². The molecule has 1 saturated heterocycles. The van der Waals surface area contributed by atoms with Gasteiger partial charge in [-0.3, -0.25) is 9.69 Å². The van der Waals surface area contributed by atoms with Crippen LogP contribution in [0.4, 0.5) is 10.5 Å². The molecule has 1 unspecified atom stereocenters. The van der Waals surface area contributed by atoms with Crippen LogP contribution in [0.25, 0.3) is 0 Å². The van der Waals surface area contributed by atoms with Crippen molar-refractivity contribution in [3.8, 4) is 6.07 Å². The summed E-state index contributed by atoms with van der Waals surface area (Å²) in [7, 11) is 1.58. The largest absolute Gasteiger partial charge is 0.481 e. The van der Waals surface area contributed by atoms with Gasteiger partial charge in [0, 0.05) is 25.8 Å². The normalized spacial score (nSPS) is 19.2. The molecule has 0 saturated carbocycles. The van der Waals surface area contributed by atoms with Crippen molar-refractivity contribution in [1.29, 1.82) is 5.26 Å². The van der Waals surface area contributed by atoms with Crippen LogP contribution in [0, 0.1) is 17.2 Å². The molecule has 19 heavy (non-hydrogen) atoms. The summed E-state index contributed by atoms with van der Waals surface area (Å²) in [6.45, 7) is 0.353. The van der Waals surface area contributed by atoms with Gasteiger partial charge in [-0.25, -0.2) is 4.79 Å². The Hall–Kier alpha value is -2.55. The number of nitrogens with zero attached hydrogens (tertiary/aromatic N) is 3. The van der Waals surface area contributed by atoms with Crippen LogP contribution >= 0.6 is 0 Å². The molecule has 0 aliphatic carbocycles. The molecular formula is C13H13N3O3. The van der Waals surface area contributed by atoms with Crippen LogP contribution < -0.4 is 4.90 Å².